The van der Waals surface area contributed by atoms with Crippen LogP contribution in [0.15, 0.2) is 0 Å². The number of rotatable bonds is 2. The van der Waals surface area contributed by atoms with E-state index < -0.39 is 5.67 Å². The highest BCUT2D eigenvalue weighted by atomic mass is 19.1. The molecule has 0 aromatic carbocycles. The number of nitrogens with zero attached hydrogens (tertiary/aromatic N) is 1. The predicted octanol–water partition coefficient (Wildman–Crippen LogP) is 1.30. The molecule has 0 bridgehead atoms. The van der Waals surface area contributed by atoms with E-state index in [-0.39, 0.29) is 6.54 Å². The normalized spacial score (nSPS) is 37.4. The minimum atomic E-state index is -1.09. The van der Waals surface area contributed by atoms with Crippen molar-refractivity contribution in [3.8, 4) is 0 Å². The summed E-state index contributed by atoms with van der Waals surface area (Å²) in [6, 6.07) is 0.668. The topological polar surface area (TPSA) is 29.3 Å². The van der Waals surface area contributed by atoms with E-state index in [1.807, 2.05) is 0 Å². The summed E-state index contributed by atoms with van der Waals surface area (Å²) in [5.74, 6) is 0. The van der Waals surface area contributed by atoms with E-state index >= 15 is 0 Å². The average molecular weight is 186 g/mol. The maximum absolute atomic E-state index is 13.9. The van der Waals surface area contributed by atoms with Gasteiger partial charge in [0.2, 0.25) is 0 Å². The molecule has 1 saturated heterocycles. The van der Waals surface area contributed by atoms with Crippen molar-refractivity contribution in [2.45, 2.75) is 43.8 Å². The van der Waals surface area contributed by atoms with Gasteiger partial charge < -0.3 is 5.73 Å². The maximum atomic E-state index is 13.9. The summed E-state index contributed by atoms with van der Waals surface area (Å²) in [4.78, 5) is 2.31. The Labute approximate surface area is 79.3 Å². The monoisotopic (exact) mass is 186 g/mol. The van der Waals surface area contributed by atoms with Crippen LogP contribution in [0.2, 0.25) is 0 Å². The zero-order valence-corrected chi connectivity index (χ0v) is 8.14. The molecule has 2 rings (SSSR count). The van der Waals surface area contributed by atoms with Crippen molar-refractivity contribution in [1.82, 2.24) is 4.90 Å². The molecule has 0 aromatic rings. The van der Waals surface area contributed by atoms with E-state index in [4.69, 9.17) is 5.73 Å². The summed E-state index contributed by atoms with van der Waals surface area (Å²) < 4.78 is 13.9. The van der Waals surface area contributed by atoms with Crippen LogP contribution in [0.4, 0.5) is 4.39 Å². The van der Waals surface area contributed by atoms with Crippen LogP contribution in [0.3, 0.4) is 0 Å². The Morgan fingerprint density at radius 3 is 2.69 bits per heavy atom. The molecule has 0 spiro atoms. The highest BCUT2D eigenvalue weighted by molar-refractivity contribution is 4.92. The smallest absolute Gasteiger partial charge is 0.135 e. The van der Waals surface area contributed by atoms with Gasteiger partial charge in [-0.05, 0) is 32.2 Å². The van der Waals surface area contributed by atoms with Crippen molar-refractivity contribution in [3.05, 3.63) is 0 Å². The fourth-order valence-corrected chi connectivity index (χ4v) is 2.35. The fourth-order valence-electron chi connectivity index (χ4n) is 2.35. The predicted molar refractivity (Wildman–Crippen MR) is 51.3 cm³/mol. The number of hydrogen-bond donors (Lipinski definition) is 1. The minimum absolute atomic E-state index is 0.191. The Balaban J connectivity index is 1.91. The van der Waals surface area contributed by atoms with Crippen molar-refractivity contribution in [2.24, 2.45) is 5.73 Å². The molecule has 0 amide bonds. The first-order valence-electron chi connectivity index (χ1n) is 5.37. The van der Waals surface area contributed by atoms with E-state index in [1.54, 1.807) is 0 Å². The van der Waals surface area contributed by atoms with Crippen LogP contribution in [-0.2, 0) is 0 Å². The third-order valence-corrected chi connectivity index (χ3v) is 3.51. The zero-order valence-electron chi connectivity index (χ0n) is 8.14. The number of nitrogens with two attached hydrogens (primary N) is 1. The minimum Gasteiger partial charge on any atom is -0.327 e. The Bertz CT molecular complexity index is 182. The van der Waals surface area contributed by atoms with Gasteiger partial charge in [-0.3, -0.25) is 4.90 Å². The van der Waals surface area contributed by atoms with Gasteiger partial charge in [-0.25, -0.2) is 4.39 Å². The van der Waals surface area contributed by atoms with Gasteiger partial charge in [0.25, 0.3) is 0 Å². The molecule has 0 aromatic heterocycles. The quantitative estimate of drug-likeness (QED) is 0.704. The van der Waals surface area contributed by atoms with Crippen molar-refractivity contribution in [1.29, 1.82) is 0 Å². The second-order valence-corrected chi connectivity index (χ2v) is 4.51. The van der Waals surface area contributed by atoms with Crippen molar-refractivity contribution >= 4 is 0 Å². The van der Waals surface area contributed by atoms with Crippen LogP contribution >= 0.6 is 0 Å². The Hall–Kier alpha value is -0.150. The third-order valence-electron chi connectivity index (χ3n) is 3.51. The van der Waals surface area contributed by atoms with Crippen LogP contribution in [0.5, 0.6) is 0 Å². The Morgan fingerprint density at radius 2 is 2.15 bits per heavy atom. The Morgan fingerprint density at radius 1 is 1.38 bits per heavy atom. The van der Waals surface area contributed by atoms with Crippen LogP contribution in [-0.4, -0.2) is 36.2 Å². The number of likely N-dealkylation sites (tertiary alicyclic amines) is 1. The van der Waals surface area contributed by atoms with Crippen LogP contribution in [0.25, 0.3) is 0 Å². The summed E-state index contributed by atoms with van der Waals surface area (Å²) in [6.45, 7) is 1.85. The third kappa shape index (κ3) is 1.86. The van der Waals surface area contributed by atoms with Crippen LogP contribution in [0.1, 0.15) is 32.1 Å². The molecular weight excluding hydrogens is 167 g/mol. The molecule has 0 radical (unpaired) electrons. The number of halogens is 1. The van der Waals surface area contributed by atoms with Crippen molar-refractivity contribution < 1.29 is 4.39 Å². The summed E-state index contributed by atoms with van der Waals surface area (Å²) in [7, 11) is 0. The average Bonchev–Trinajstić information content (AvgIpc) is 2.01. The molecule has 2 fully saturated rings. The number of alkyl halides is 1. The summed E-state index contributed by atoms with van der Waals surface area (Å²) >= 11 is 0. The molecule has 1 aliphatic heterocycles. The van der Waals surface area contributed by atoms with Gasteiger partial charge in [0, 0.05) is 19.1 Å². The van der Waals surface area contributed by atoms with E-state index in [0.717, 1.165) is 13.0 Å². The van der Waals surface area contributed by atoms with Gasteiger partial charge in [-0.1, -0.05) is 6.42 Å². The lowest BCUT2D eigenvalue weighted by molar-refractivity contribution is 0.00733. The molecule has 1 unspecified atom stereocenters. The number of hydrogen-bond acceptors (Lipinski definition) is 2. The first-order valence-corrected chi connectivity index (χ1v) is 5.37. The van der Waals surface area contributed by atoms with Crippen LogP contribution in [0, 0.1) is 0 Å². The summed E-state index contributed by atoms with van der Waals surface area (Å²) in [5, 5.41) is 0. The van der Waals surface area contributed by atoms with Crippen LogP contribution < -0.4 is 5.73 Å². The molecular formula is C10H19FN2. The largest absolute Gasteiger partial charge is 0.327 e. The van der Waals surface area contributed by atoms with E-state index in [9.17, 15) is 4.39 Å². The van der Waals surface area contributed by atoms with Gasteiger partial charge in [0.15, 0.2) is 0 Å². The summed E-state index contributed by atoms with van der Waals surface area (Å²) in [5.41, 5.74) is 4.37. The fraction of sp³-hybridized carbons (Fsp3) is 1.00. The summed E-state index contributed by atoms with van der Waals surface area (Å²) in [6.07, 6.45) is 5.49. The lowest BCUT2D eigenvalue weighted by Crippen LogP contribution is -2.54. The van der Waals surface area contributed by atoms with Gasteiger partial charge >= 0.3 is 0 Å². The van der Waals surface area contributed by atoms with E-state index in [1.165, 1.54) is 19.3 Å². The van der Waals surface area contributed by atoms with Gasteiger partial charge in [-0.2, -0.15) is 0 Å². The highest BCUT2D eigenvalue weighted by Crippen LogP contribution is 2.31. The molecule has 3 heteroatoms. The lowest BCUT2D eigenvalue weighted by Gasteiger charge is -2.44. The number of piperidine rings is 1. The Kier molecular flexibility index (Phi) is 2.56. The van der Waals surface area contributed by atoms with E-state index in [2.05, 4.69) is 4.90 Å². The molecule has 1 atom stereocenters. The van der Waals surface area contributed by atoms with Crippen molar-refractivity contribution in [2.75, 3.05) is 19.6 Å². The zero-order chi connectivity index (χ0) is 9.31. The maximum Gasteiger partial charge on any atom is 0.135 e. The van der Waals surface area contributed by atoms with E-state index in [0.29, 0.717) is 19.0 Å². The molecule has 1 heterocycles. The second kappa shape index (κ2) is 3.54. The van der Waals surface area contributed by atoms with Gasteiger partial charge in [0.1, 0.15) is 5.67 Å². The molecule has 2 N–H and O–H groups in total. The lowest BCUT2D eigenvalue weighted by atomic mass is 9.87. The first-order chi connectivity index (χ1) is 6.23. The standard InChI is InChI=1S/C10H19FN2/c11-10(7-12)5-2-6-13(8-10)9-3-1-4-9/h9H,1-8,12H2. The first kappa shape index (κ1) is 9.41. The van der Waals surface area contributed by atoms with Crippen molar-refractivity contribution in [3.63, 3.8) is 0 Å². The second-order valence-electron chi connectivity index (χ2n) is 4.51. The molecule has 76 valence electrons. The molecule has 13 heavy (non-hydrogen) atoms. The molecule has 1 aliphatic carbocycles. The molecule has 2 aliphatic rings. The molecule has 2 nitrogen and oxygen atoms in total. The highest BCUT2D eigenvalue weighted by Gasteiger charge is 2.37. The molecule has 1 saturated carbocycles. The van der Waals surface area contributed by atoms with Gasteiger partial charge in [0.05, 0.1) is 0 Å². The van der Waals surface area contributed by atoms with Gasteiger partial charge in [-0.15, -0.1) is 0 Å². The SMILES string of the molecule is NCC1(F)CCCN(C2CCC2)C1.